The van der Waals surface area contributed by atoms with Crippen LogP contribution in [0.5, 0.6) is 5.75 Å². The quantitative estimate of drug-likeness (QED) is 0.770. The molecule has 0 aliphatic carbocycles. The Morgan fingerprint density at radius 2 is 2.22 bits per heavy atom. The minimum Gasteiger partial charge on any atom is -0.491 e. The molecule has 1 heterocycles. The van der Waals surface area contributed by atoms with Gasteiger partial charge in [0.1, 0.15) is 5.75 Å². The Balaban J connectivity index is 2.47. The van der Waals surface area contributed by atoms with Gasteiger partial charge in [0.15, 0.2) is 5.78 Å². The number of rotatable bonds is 3. The summed E-state index contributed by atoms with van der Waals surface area (Å²) in [4.78, 5) is 25.1. The number of benzene rings is 1. The molecule has 4 heteroatoms. The Kier molecular flexibility index (Phi) is 3.65. The van der Waals surface area contributed by atoms with E-state index in [1.54, 1.807) is 23.1 Å². The van der Waals surface area contributed by atoms with Crippen molar-refractivity contribution in [2.45, 2.75) is 26.7 Å². The van der Waals surface area contributed by atoms with Crippen molar-refractivity contribution in [1.29, 1.82) is 0 Å². The first-order valence-electron chi connectivity index (χ1n) is 6.21. The zero-order valence-electron chi connectivity index (χ0n) is 10.7. The number of nitrogens with zero attached hydrogens (tertiary/aromatic N) is 1. The summed E-state index contributed by atoms with van der Waals surface area (Å²) in [5.74, 6) is 0.724. The summed E-state index contributed by atoms with van der Waals surface area (Å²) >= 11 is 0. The molecular formula is C14H17NO3. The Labute approximate surface area is 107 Å². The van der Waals surface area contributed by atoms with E-state index < -0.39 is 0 Å². The Hall–Kier alpha value is -1.84. The molecular weight excluding hydrogens is 230 g/mol. The van der Waals surface area contributed by atoms with Crippen LogP contribution in [0.2, 0.25) is 0 Å². The lowest BCUT2D eigenvalue weighted by Gasteiger charge is -2.21. The summed E-state index contributed by atoms with van der Waals surface area (Å²) in [7, 11) is 0. The molecule has 96 valence electrons. The molecule has 0 N–H and O–H groups in total. The van der Waals surface area contributed by atoms with Crippen LogP contribution in [0, 0.1) is 0 Å². The van der Waals surface area contributed by atoms with E-state index in [4.69, 9.17) is 4.74 Å². The smallest absolute Gasteiger partial charge is 0.230 e. The molecule has 0 radical (unpaired) electrons. The molecule has 1 aromatic carbocycles. The van der Waals surface area contributed by atoms with Gasteiger partial charge in [-0.1, -0.05) is 6.92 Å². The van der Waals surface area contributed by atoms with Crippen molar-refractivity contribution >= 4 is 17.4 Å². The van der Waals surface area contributed by atoms with Crippen molar-refractivity contribution in [2.75, 3.05) is 18.1 Å². The van der Waals surface area contributed by atoms with Crippen LogP contribution >= 0.6 is 0 Å². The number of amides is 1. The number of carbonyl (C=O) groups excluding carboxylic acids is 2. The van der Waals surface area contributed by atoms with Gasteiger partial charge in [0.25, 0.3) is 0 Å². The lowest BCUT2D eigenvalue weighted by Crippen LogP contribution is -2.31. The van der Waals surface area contributed by atoms with Gasteiger partial charge in [0, 0.05) is 12.1 Å². The zero-order chi connectivity index (χ0) is 13.1. The van der Waals surface area contributed by atoms with Crippen molar-refractivity contribution in [3.8, 4) is 5.75 Å². The van der Waals surface area contributed by atoms with Gasteiger partial charge >= 0.3 is 0 Å². The highest BCUT2D eigenvalue weighted by Crippen LogP contribution is 2.32. The molecule has 0 saturated heterocycles. The van der Waals surface area contributed by atoms with E-state index in [-0.39, 0.29) is 11.7 Å². The number of Topliss-reactive ketones (excluding diaryl/α,β-unsaturated/α-hetero) is 1. The predicted octanol–water partition coefficient (Wildman–Crippen LogP) is 2.41. The largest absolute Gasteiger partial charge is 0.491 e. The number of anilines is 1. The van der Waals surface area contributed by atoms with Crippen molar-refractivity contribution in [3.05, 3.63) is 23.8 Å². The first-order valence-corrected chi connectivity index (χ1v) is 6.21. The average molecular weight is 247 g/mol. The molecule has 0 unspecified atom stereocenters. The van der Waals surface area contributed by atoms with Crippen molar-refractivity contribution < 1.29 is 14.3 Å². The highest BCUT2D eigenvalue weighted by Gasteiger charge is 2.23. The van der Waals surface area contributed by atoms with Crippen LogP contribution in [0.15, 0.2) is 18.2 Å². The zero-order valence-corrected chi connectivity index (χ0v) is 10.7. The van der Waals surface area contributed by atoms with E-state index in [1.807, 2.05) is 6.92 Å². The van der Waals surface area contributed by atoms with E-state index >= 15 is 0 Å². The number of fused-ring (bicyclic) bond motifs is 1. The fraction of sp³-hybridized carbons (Fsp3) is 0.429. The molecule has 0 aromatic heterocycles. The highest BCUT2D eigenvalue weighted by atomic mass is 16.5. The minimum absolute atomic E-state index is 0.00838. The van der Waals surface area contributed by atoms with Crippen LogP contribution in [0.3, 0.4) is 0 Å². The summed E-state index contributed by atoms with van der Waals surface area (Å²) in [6.45, 7) is 4.58. The summed E-state index contributed by atoms with van der Waals surface area (Å²) in [6, 6.07) is 5.25. The van der Waals surface area contributed by atoms with Crippen molar-refractivity contribution in [1.82, 2.24) is 0 Å². The molecule has 18 heavy (non-hydrogen) atoms. The summed E-state index contributed by atoms with van der Waals surface area (Å²) in [5.41, 5.74) is 1.32. The SMILES string of the molecule is CCCN1C(=O)CCOc2ccc(C(C)=O)cc21. The van der Waals surface area contributed by atoms with Gasteiger partial charge in [0.2, 0.25) is 5.91 Å². The molecule has 1 aliphatic heterocycles. The Morgan fingerprint density at radius 1 is 1.44 bits per heavy atom. The van der Waals surface area contributed by atoms with Gasteiger partial charge in [-0.15, -0.1) is 0 Å². The van der Waals surface area contributed by atoms with E-state index in [0.717, 1.165) is 6.42 Å². The average Bonchev–Trinajstić information content (AvgIpc) is 2.50. The van der Waals surface area contributed by atoms with E-state index in [1.165, 1.54) is 6.92 Å². The molecule has 0 bridgehead atoms. The number of hydrogen-bond donors (Lipinski definition) is 0. The maximum atomic E-state index is 12.0. The number of hydrogen-bond acceptors (Lipinski definition) is 3. The Morgan fingerprint density at radius 3 is 2.89 bits per heavy atom. The summed E-state index contributed by atoms with van der Waals surface area (Å²) in [5, 5.41) is 0. The maximum Gasteiger partial charge on any atom is 0.230 e. The molecule has 4 nitrogen and oxygen atoms in total. The third-order valence-electron chi connectivity index (χ3n) is 2.98. The fourth-order valence-electron chi connectivity index (χ4n) is 2.06. The normalized spacial score (nSPS) is 14.8. The molecule has 1 amide bonds. The monoisotopic (exact) mass is 247 g/mol. The lowest BCUT2D eigenvalue weighted by atomic mass is 10.1. The van der Waals surface area contributed by atoms with Gasteiger partial charge in [0.05, 0.1) is 18.7 Å². The van der Waals surface area contributed by atoms with E-state index in [0.29, 0.717) is 36.6 Å². The first-order chi connectivity index (χ1) is 8.63. The van der Waals surface area contributed by atoms with Gasteiger partial charge in [-0.05, 0) is 31.5 Å². The van der Waals surface area contributed by atoms with Crippen LogP contribution < -0.4 is 9.64 Å². The van der Waals surface area contributed by atoms with Gasteiger partial charge in [-0.3, -0.25) is 9.59 Å². The number of ether oxygens (including phenoxy) is 1. The summed E-state index contributed by atoms with van der Waals surface area (Å²) < 4.78 is 5.56. The second-order valence-electron chi connectivity index (χ2n) is 4.38. The van der Waals surface area contributed by atoms with Crippen molar-refractivity contribution in [3.63, 3.8) is 0 Å². The topological polar surface area (TPSA) is 46.6 Å². The highest BCUT2D eigenvalue weighted by molar-refractivity contribution is 5.99. The maximum absolute atomic E-state index is 12.0. The Bertz CT molecular complexity index is 482. The molecule has 0 fully saturated rings. The van der Waals surface area contributed by atoms with Crippen LogP contribution in [0.25, 0.3) is 0 Å². The molecule has 2 rings (SSSR count). The van der Waals surface area contributed by atoms with Crippen LogP contribution in [0.1, 0.15) is 37.0 Å². The van der Waals surface area contributed by atoms with Crippen LogP contribution in [-0.4, -0.2) is 24.8 Å². The predicted molar refractivity (Wildman–Crippen MR) is 69.2 cm³/mol. The lowest BCUT2D eigenvalue weighted by molar-refractivity contribution is -0.118. The van der Waals surface area contributed by atoms with Crippen molar-refractivity contribution in [2.24, 2.45) is 0 Å². The van der Waals surface area contributed by atoms with Crippen LogP contribution in [0.4, 0.5) is 5.69 Å². The molecule has 0 saturated carbocycles. The molecule has 1 aliphatic rings. The third-order valence-corrected chi connectivity index (χ3v) is 2.98. The molecule has 1 aromatic rings. The second-order valence-corrected chi connectivity index (χ2v) is 4.38. The second kappa shape index (κ2) is 5.21. The first kappa shape index (κ1) is 12.6. The van der Waals surface area contributed by atoms with Gasteiger partial charge < -0.3 is 9.64 Å². The fourth-order valence-corrected chi connectivity index (χ4v) is 2.06. The summed E-state index contributed by atoms with van der Waals surface area (Å²) in [6.07, 6.45) is 1.25. The molecule has 0 atom stereocenters. The number of ketones is 1. The van der Waals surface area contributed by atoms with E-state index in [9.17, 15) is 9.59 Å². The van der Waals surface area contributed by atoms with E-state index in [2.05, 4.69) is 0 Å². The van der Waals surface area contributed by atoms with Crippen LogP contribution in [-0.2, 0) is 4.79 Å². The molecule has 0 spiro atoms. The number of carbonyl (C=O) groups is 2. The standard InChI is InChI=1S/C14H17NO3/c1-3-7-15-12-9-11(10(2)16)4-5-13(12)18-8-6-14(15)17/h4-5,9H,3,6-8H2,1-2H3. The van der Waals surface area contributed by atoms with Gasteiger partial charge in [-0.2, -0.15) is 0 Å². The third kappa shape index (κ3) is 2.37. The minimum atomic E-state index is -0.00838. The van der Waals surface area contributed by atoms with Gasteiger partial charge in [-0.25, -0.2) is 0 Å².